The highest BCUT2D eigenvalue weighted by molar-refractivity contribution is 8.16. The number of nitrogens with one attached hydrogen (secondary N) is 1. The normalized spacial score (nSPS) is 16.1. The van der Waals surface area contributed by atoms with Gasteiger partial charge in [-0.15, -0.1) is 0 Å². The second kappa shape index (κ2) is 12.6. The molecule has 2 aromatic rings. The van der Waals surface area contributed by atoms with Gasteiger partial charge in [0.25, 0.3) is 5.91 Å². The van der Waals surface area contributed by atoms with E-state index in [4.69, 9.17) is 18.9 Å². The number of thioether (sulfide) groups is 1. The first kappa shape index (κ1) is 27.1. The van der Waals surface area contributed by atoms with Crippen LogP contribution in [0.15, 0.2) is 70.3 Å². The maximum atomic E-state index is 12.9. The third-order valence-electron chi connectivity index (χ3n) is 5.71. The molecule has 0 bridgehead atoms. The first-order valence-electron chi connectivity index (χ1n) is 12.5. The lowest BCUT2D eigenvalue weighted by Gasteiger charge is -2.33. The van der Waals surface area contributed by atoms with Crippen molar-refractivity contribution in [1.29, 1.82) is 0 Å². The van der Waals surface area contributed by atoms with Crippen LogP contribution in [0.5, 0.6) is 17.2 Å². The molecule has 0 fully saturated rings. The zero-order valence-electron chi connectivity index (χ0n) is 21.9. The largest absolute Gasteiger partial charge is 0.494 e. The van der Waals surface area contributed by atoms with Crippen LogP contribution in [0, 0.1) is 0 Å². The molecule has 2 aliphatic rings. The minimum atomic E-state index is -0.441. The Labute approximate surface area is 226 Å². The minimum absolute atomic E-state index is 0.203. The second-order valence-electron chi connectivity index (χ2n) is 8.26. The minimum Gasteiger partial charge on any atom is -0.494 e. The first-order chi connectivity index (χ1) is 18.4. The van der Waals surface area contributed by atoms with Gasteiger partial charge in [0.1, 0.15) is 5.75 Å². The summed E-state index contributed by atoms with van der Waals surface area (Å²) in [6.07, 6.45) is 1.90. The van der Waals surface area contributed by atoms with Crippen LogP contribution in [0.3, 0.4) is 0 Å². The summed E-state index contributed by atoms with van der Waals surface area (Å²) in [4.78, 5) is 32.0. The maximum absolute atomic E-state index is 12.9. The molecule has 9 nitrogen and oxygen atoms in total. The van der Waals surface area contributed by atoms with Crippen LogP contribution in [0.4, 0.5) is 5.69 Å². The van der Waals surface area contributed by atoms with Crippen LogP contribution < -0.4 is 19.5 Å². The van der Waals surface area contributed by atoms with Gasteiger partial charge in [-0.2, -0.15) is 0 Å². The number of carbonyl (C=O) groups is 2. The van der Waals surface area contributed by atoms with Crippen LogP contribution in [0.1, 0.15) is 39.3 Å². The number of esters is 1. The lowest BCUT2D eigenvalue weighted by atomic mass is 9.94. The van der Waals surface area contributed by atoms with Gasteiger partial charge in [0.05, 0.1) is 37.1 Å². The summed E-state index contributed by atoms with van der Waals surface area (Å²) in [7, 11) is 0. The monoisotopic (exact) mass is 537 g/mol. The Morgan fingerprint density at radius 1 is 0.974 bits per heavy atom. The van der Waals surface area contributed by atoms with Crippen LogP contribution in [-0.2, 0) is 14.3 Å². The van der Waals surface area contributed by atoms with E-state index < -0.39 is 12.0 Å². The van der Waals surface area contributed by atoms with Gasteiger partial charge in [0, 0.05) is 11.9 Å². The fraction of sp³-hybridized carbons (Fsp3) is 0.321. The molecule has 0 aromatic heterocycles. The number of amidine groups is 1. The van der Waals surface area contributed by atoms with Crippen molar-refractivity contribution in [3.05, 3.63) is 70.9 Å². The van der Waals surface area contributed by atoms with Gasteiger partial charge < -0.3 is 29.2 Å². The van der Waals surface area contributed by atoms with Crippen LogP contribution in [0.2, 0.25) is 0 Å². The van der Waals surface area contributed by atoms with E-state index in [2.05, 4.69) is 10.3 Å². The SMILES string of the molecule is CCOC(=O)C1=C(C)N=C2SC=CN2[C@@H]1c1ccc(OCC(=O)Nc2ccc(OCC)cc2)c(OCC)c1. The van der Waals surface area contributed by atoms with Gasteiger partial charge in [0.15, 0.2) is 23.3 Å². The Kier molecular flexibility index (Phi) is 8.96. The van der Waals surface area contributed by atoms with E-state index in [1.54, 1.807) is 37.3 Å². The Morgan fingerprint density at radius 2 is 1.74 bits per heavy atom. The van der Waals surface area contributed by atoms with Crippen LogP contribution in [-0.4, -0.2) is 48.4 Å². The first-order valence-corrected chi connectivity index (χ1v) is 13.3. The smallest absolute Gasteiger partial charge is 0.338 e. The van der Waals surface area contributed by atoms with Gasteiger partial charge in [-0.05, 0) is 75.1 Å². The molecule has 2 heterocycles. The Balaban J connectivity index is 1.53. The van der Waals surface area contributed by atoms with Crippen molar-refractivity contribution in [3.63, 3.8) is 0 Å². The summed E-state index contributed by atoms with van der Waals surface area (Å²) in [5.41, 5.74) is 2.53. The fourth-order valence-corrected chi connectivity index (χ4v) is 4.91. The molecule has 200 valence electrons. The number of hydrogen-bond donors (Lipinski definition) is 1. The zero-order chi connectivity index (χ0) is 27.1. The van der Waals surface area contributed by atoms with Crippen molar-refractivity contribution in [2.45, 2.75) is 33.7 Å². The van der Waals surface area contributed by atoms with E-state index in [1.807, 2.05) is 49.4 Å². The van der Waals surface area contributed by atoms with Gasteiger partial charge in [-0.25, -0.2) is 9.79 Å². The van der Waals surface area contributed by atoms with Gasteiger partial charge in [-0.3, -0.25) is 4.79 Å². The maximum Gasteiger partial charge on any atom is 0.338 e. The molecule has 0 spiro atoms. The molecule has 1 amide bonds. The molecule has 2 aromatic carbocycles. The molecule has 0 aliphatic carbocycles. The van der Waals surface area contributed by atoms with E-state index in [0.29, 0.717) is 41.7 Å². The summed E-state index contributed by atoms with van der Waals surface area (Å²) in [6.45, 7) is 8.40. The molecule has 10 heteroatoms. The third kappa shape index (κ3) is 6.13. The van der Waals surface area contributed by atoms with Crippen molar-refractivity contribution in [3.8, 4) is 17.2 Å². The highest BCUT2D eigenvalue weighted by Crippen LogP contribution is 2.43. The van der Waals surface area contributed by atoms with Crippen molar-refractivity contribution in [2.75, 3.05) is 31.7 Å². The van der Waals surface area contributed by atoms with Gasteiger partial charge in [-0.1, -0.05) is 17.8 Å². The lowest BCUT2D eigenvalue weighted by molar-refractivity contribution is -0.139. The number of hydrogen-bond acceptors (Lipinski definition) is 9. The lowest BCUT2D eigenvalue weighted by Crippen LogP contribution is -2.34. The fourth-order valence-electron chi connectivity index (χ4n) is 4.12. The molecule has 0 saturated heterocycles. The number of amides is 1. The summed E-state index contributed by atoms with van der Waals surface area (Å²) >= 11 is 1.49. The number of aliphatic imine (C=N–C) groups is 1. The Hall–Kier alpha value is -3.92. The number of rotatable bonds is 11. The molecule has 0 radical (unpaired) electrons. The molecule has 38 heavy (non-hydrogen) atoms. The molecule has 0 unspecified atom stereocenters. The Morgan fingerprint density at radius 3 is 2.45 bits per heavy atom. The predicted molar refractivity (Wildman–Crippen MR) is 147 cm³/mol. The van der Waals surface area contributed by atoms with Crippen molar-refractivity contribution >= 4 is 34.5 Å². The van der Waals surface area contributed by atoms with Crippen LogP contribution in [0.25, 0.3) is 0 Å². The second-order valence-corrected chi connectivity index (χ2v) is 9.13. The molecular weight excluding hydrogens is 506 g/mol. The molecule has 1 N–H and O–H groups in total. The van der Waals surface area contributed by atoms with Crippen molar-refractivity contribution in [2.24, 2.45) is 4.99 Å². The molecule has 4 rings (SSSR count). The average Bonchev–Trinajstić information content (AvgIpc) is 3.37. The van der Waals surface area contributed by atoms with Crippen LogP contribution >= 0.6 is 11.8 Å². The quantitative estimate of drug-likeness (QED) is 0.387. The third-order valence-corrected chi connectivity index (χ3v) is 6.48. The average molecular weight is 538 g/mol. The summed E-state index contributed by atoms with van der Waals surface area (Å²) in [5, 5.41) is 5.52. The highest BCUT2D eigenvalue weighted by Gasteiger charge is 2.37. The topological polar surface area (TPSA) is 98.7 Å². The highest BCUT2D eigenvalue weighted by atomic mass is 32.2. The van der Waals surface area contributed by atoms with Gasteiger partial charge >= 0.3 is 5.97 Å². The number of anilines is 1. The number of allylic oxidation sites excluding steroid dienone is 1. The molecule has 2 aliphatic heterocycles. The zero-order valence-corrected chi connectivity index (χ0v) is 22.7. The number of carbonyl (C=O) groups excluding carboxylic acids is 2. The van der Waals surface area contributed by atoms with Crippen molar-refractivity contribution in [1.82, 2.24) is 4.90 Å². The number of nitrogens with zero attached hydrogens (tertiary/aromatic N) is 2. The van der Waals surface area contributed by atoms with E-state index in [1.165, 1.54) is 11.8 Å². The Bertz CT molecular complexity index is 1270. The number of ether oxygens (including phenoxy) is 4. The van der Waals surface area contributed by atoms with Gasteiger partial charge in [0.2, 0.25) is 0 Å². The van der Waals surface area contributed by atoms with E-state index >= 15 is 0 Å². The standard InChI is InChI=1S/C28H31N3O6S/c1-5-34-21-11-9-20(10-12-21)30-24(32)17-37-22-13-8-19(16-23(22)35-6-2)26-25(27(33)36-7-3)18(4)29-28-31(26)14-15-38-28/h8-16,26H,5-7,17H2,1-4H3,(H,30,32)/t26-/m1/s1. The molecular formula is C28H31N3O6S. The van der Waals surface area contributed by atoms with Crippen molar-refractivity contribution < 1.29 is 28.5 Å². The number of fused-ring (bicyclic) bond motifs is 1. The number of benzene rings is 2. The summed E-state index contributed by atoms with van der Waals surface area (Å²) in [5.74, 6) is 0.911. The summed E-state index contributed by atoms with van der Waals surface area (Å²) < 4.78 is 22.5. The molecule has 1 atom stereocenters. The summed E-state index contributed by atoms with van der Waals surface area (Å²) in [6, 6.07) is 12.1. The van der Waals surface area contributed by atoms with E-state index in [9.17, 15) is 9.59 Å². The predicted octanol–water partition coefficient (Wildman–Crippen LogP) is 5.27. The van der Waals surface area contributed by atoms with E-state index in [-0.39, 0.29) is 19.1 Å². The van der Waals surface area contributed by atoms with E-state index in [0.717, 1.165) is 16.5 Å². The molecule has 0 saturated carbocycles.